The Bertz CT molecular complexity index is 3250. The normalized spacial score (nSPS) is 21.5. The molecule has 10 amide bonds. The molecule has 3 saturated heterocycles. The first-order valence-electron chi connectivity index (χ1n) is 57.0. The van der Waals surface area contributed by atoms with Crippen LogP contribution in [0.15, 0.2) is 0 Å². The Morgan fingerprint density at radius 2 is 0.558 bits per heavy atom. The molecule has 0 radical (unpaired) electrons. The Kier molecular flexibility index (Phi) is 82.1. The number of carbonyl (C=O) groups is 10. The van der Waals surface area contributed by atoms with E-state index < -0.39 is 135 Å². The van der Waals surface area contributed by atoms with Gasteiger partial charge in [-0.2, -0.15) is 0 Å². The third kappa shape index (κ3) is 68.0. The standard InChI is InChI=1S/C108H202N10O29/c1-6-8-10-12-14-16-18-20-22-24-26-28-30-32-38-46-68-138-78-85(142-69-47-39-33-31-29-27-25-23-21-19-17-15-13-11-9-7-2)53-40-34-36-43-58-96(131)118-108(80-140-73-60-94(129)113-66-51-63-110-91(126)56-44-48-70-143-106-98(116-83(4)123)104(136)101(133)88(76-120)146-106,81-141-74-61-95(130)114-67-52-64-111-92(127)57-45-49-71-144-107-99(117-84(5)124)105(137)102(134)89(77-121)147-107)79-139-72-59-93(128)112-65-50-62-109-90(125)55-42-37-35-41-54-86-97(115-82(3)122)103(135)100(132)87(75-119)145-86/h85-89,97-107,119-121,132-137H,6-81H2,1-5H3,(H,109,125)(H,110,126)(H,111,127)(H,112,128)(H,113,129)(H,114,130)(H,115,122)(H,116,123)(H,117,124)(H,118,131). The van der Waals surface area contributed by atoms with Gasteiger partial charge in [0.1, 0.15) is 72.6 Å². The molecule has 3 fully saturated rings. The number of unbranched alkanes of at least 4 members (excludes halogenated alkanes) is 38. The molecule has 3 rings (SSSR count). The Balaban J connectivity index is 1.69. The second-order valence-electron chi connectivity index (χ2n) is 40.6. The van der Waals surface area contributed by atoms with Crippen LogP contribution in [0.3, 0.4) is 0 Å². The summed E-state index contributed by atoms with van der Waals surface area (Å²) in [5.74, 6) is -3.35. The summed E-state index contributed by atoms with van der Waals surface area (Å²) in [4.78, 5) is 129. The summed E-state index contributed by atoms with van der Waals surface area (Å²) in [6.07, 6.45) is 37.1. The van der Waals surface area contributed by atoms with Crippen molar-refractivity contribution in [1.82, 2.24) is 53.2 Å². The number of carbonyl (C=O) groups excluding carboxylic acids is 10. The summed E-state index contributed by atoms with van der Waals surface area (Å²) in [6.45, 7) is 9.27. The predicted octanol–water partition coefficient (Wildman–Crippen LogP) is 8.78. The monoisotopic (exact) mass is 2100 g/mol. The second kappa shape index (κ2) is 89.3. The van der Waals surface area contributed by atoms with E-state index in [0.29, 0.717) is 103 Å². The van der Waals surface area contributed by atoms with E-state index in [1.54, 1.807) is 0 Å². The van der Waals surface area contributed by atoms with E-state index >= 15 is 0 Å². The van der Waals surface area contributed by atoms with Gasteiger partial charge in [-0.05, 0) is 83.5 Å². The van der Waals surface area contributed by atoms with Crippen LogP contribution in [0.2, 0.25) is 0 Å². The fourth-order valence-electron chi connectivity index (χ4n) is 18.4. The van der Waals surface area contributed by atoms with E-state index in [0.717, 1.165) is 57.8 Å². The number of amides is 10. The molecule has 147 heavy (non-hydrogen) atoms. The van der Waals surface area contributed by atoms with Crippen molar-refractivity contribution in [1.29, 1.82) is 0 Å². The molecule has 858 valence electrons. The maximum Gasteiger partial charge on any atom is 0.222 e. The molecule has 0 aliphatic carbocycles. The highest BCUT2D eigenvalue weighted by molar-refractivity contribution is 5.79. The minimum Gasteiger partial charge on any atom is -0.394 e. The molecular formula is C108H202N10O29. The first-order chi connectivity index (χ1) is 71.2. The van der Waals surface area contributed by atoms with Gasteiger partial charge in [-0.15, -0.1) is 0 Å². The molecule has 0 bridgehead atoms. The lowest BCUT2D eigenvalue weighted by Crippen LogP contribution is -2.64. The van der Waals surface area contributed by atoms with Gasteiger partial charge < -0.3 is 146 Å². The van der Waals surface area contributed by atoms with E-state index in [9.17, 15) is 93.9 Å². The molecule has 39 nitrogen and oxygen atoms in total. The van der Waals surface area contributed by atoms with E-state index in [1.807, 2.05) is 0 Å². The number of aliphatic hydroxyl groups excluding tert-OH is 9. The Morgan fingerprint density at radius 1 is 0.279 bits per heavy atom. The number of hydrogen-bond donors (Lipinski definition) is 19. The molecular weight excluding hydrogens is 1900 g/mol. The van der Waals surface area contributed by atoms with Gasteiger partial charge in [0.05, 0.1) is 84.3 Å². The van der Waals surface area contributed by atoms with Crippen molar-refractivity contribution in [2.24, 2.45) is 0 Å². The van der Waals surface area contributed by atoms with Crippen LogP contribution < -0.4 is 53.2 Å². The van der Waals surface area contributed by atoms with Crippen LogP contribution in [0.1, 0.15) is 394 Å². The molecule has 3 aliphatic heterocycles. The summed E-state index contributed by atoms with van der Waals surface area (Å²) in [5, 5.41) is 120. The SMILES string of the molecule is CCCCCCCCCCCCCCCCCCOCC(CCCCCCC(=O)NC(COCCC(=O)NCCCNC(=O)CCCCCCC1OC(CO)C(O)C(O)C1NC(C)=O)(COCCC(=O)NCCCNC(=O)CCCCOC1OC(CO)C(O)C(O)C1NC(C)=O)COCCC(=O)NCCCNC(=O)CCCCOC1OC(CO)C(O)C(O)C1NC(C)=O)OCCCCCCCCCCCCCCCCCC. The molecule has 16 unspecified atom stereocenters. The average molecular weight is 2100 g/mol. The van der Waals surface area contributed by atoms with Crippen molar-refractivity contribution in [3.8, 4) is 0 Å². The fraction of sp³-hybridized carbons (Fsp3) is 0.907. The maximum absolute atomic E-state index is 14.5. The minimum atomic E-state index is -1.46. The van der Waals surface area contributed by atoms with Crippen molar-refractivity contribution < 1.29 is 141 Å². The number of rotatable bonds is 97. The molecule has 3 heterocycles. The highest BCUT2D eigenvalue weighted by Crippen LogP contribution is 2.29. The third-order valence-corrected chi connectivity index (χ3v) is 27.1. The summed E-state index contributed by atoms with van der Waals surface area (Å²) in [5.41, 5.74) is -1.42. The van der Waals surface area contributed by atoms with Crippen molar-refractivity contribution in [3.63, 3.8) is 0 Å². The van der Waals surface area contributed by atoms with Crippen molar-refractivity contribution in [2.75, 3.05) is 132 Å². The zero-order chi connectivity index (χ0) is 107. The highest BCUT2D eigenvalue weighted by atomic mass is 16.7. The summed E-state index contributed by atoms with van der Waals surface area (Å²) >= 11 is 0. The van der Waals surface area contributed by atoms with Crippen LogP contribution >= 0.6 is 0 Å². The predicted molar refractivity (Wildman–Crippen MR) is 560 cm³/mol. The fourth-order valence-corrected chi connectivity index (χ4v) is 18.4. The minimum absolute atomic E-state index is 0.0420. The third-order valence-electron chi connectivity index (χ3n) is 27.1. The van der Waals surface area contributed by atoms with Crippen LogP contribution in [-0.2, 0) is 95.3 Å². The van der Waals surface area contributed by atoms with Crippen molar-refractivity contribution in [3.05, 3.63) is 0 Å². The summed E-state index contributed by atoms with van der Waals surface area (Å²) in [7, 11) is 0. The van der Waals surface area contributed by atoms with Gasteiger partial charge in [-0.1, -0.05) is 245 Å². The molecule has 0 aromatic carbocycles. The lowest BCUT2D eigenvalue weighted by atomic mass is 9.90. The van der Waals surface area contributed by atoms with Gasteiger partial charge in [0, 0.05) is 131 Å². The van der Waals surface area contributed by atoms with Crippen LogP contribution in [0, 0.1) is 0 Å². The van der Waals surface area contributed by atoms with Crippen molar-refractivity contribution in [2.45, 2.75) is 498 Å². The quantitative estimate of drug-likeness (QED) is 0.0253. The van der Waals surface area contributed by atoms with Gasteiger partial charge in [0.2, 0.25) is 59.1 Å². The summed E-state index contributed by atoms with van der Waals surface area (Å²) < 4.78 is 60.3. The molecule has 0 spiro atoms. The second-order valence-corrected chi connectivity index (χ2v) is 40.6. The zero-order valence-electron chi connectivity index (χ0n) is 90.7. The molecule has 3 aliphatic rings. The molecule has 19 N–H and O–H groups in total. The molecule has 0 saturated carbocycles. The van der Waals surface area contributed by atoms with Crippen LogP contribution in [0.5, 0.6) is 0 Å². The molecule has 39 heteroatoms. The van der Waals surface area contributed by atoms with E-state index in [-0.39, 0.29) is 178 Å². The van der Waals surface area contributed by atoms with Gasteiger partial charge in [-0.25, -0.2) is 0 Å². The lowest BCUT2D eigenvalue weighted by molar-refractivity contribution is -0.270. The Labute approximate surface area is 878 Å². The first kappa shape index (κ1) is 135. The van der Waals surface area contributed by atoms with Crippen LogP contribution in [0.25, 0.3) is 0 Å². The molecule has 16 atom stereocenters. The van der Waals surface area contributed by atoms with E-state index in [2.05, 4.69) is 67.0 Å². The van der Waals surface area contributed by atoms with Gasteiger partial charge in [-0.3, -0.25) is 47.9 Å². The van der Waals surface area contributed by atoms with E-state index in [1.165, 1.54) is 201 Å². The summed E-state index contributed by atoms with van der Waals surface area (Å²) in [6, 6.07) is -3.03. The Hall–Kier alpha value is -6.06. The molecule has 0 aromatic heterocycles. The average Bonchev–Trinajstić information content (AvgIpc) is 0.814. The smallest absolute Gasteiger partial charge is 0.222 e. The largest absolute Gasteiger partial charge is 0.394 e. The maximum atomic E-state index is 14.5. The highest BCUT2D eigenvalue weighted by Gasteiger charge is 2.48. The number of hydrogen-bond acceptors (Lipinski definition) is 29. The van der Waals surface area contributed by atoms with Gasteiger partial charge in [0.25, 0.3) is 0 Å². The number of ether oxygens (including phenoxy) is 10. The lowest BCUT2D eigenvalue weighted by Gasteiger charge is -2.42. The Morgan fingerprint density at radius 3 is 0.905 bits per heavy atom. The number of aliphatic hydroxyl groups is 9. The van der Waals surface area contributed by atoms with Crippen LogP contribution in [-0.4, -0.2) is 340 Å². The number of nitrogens with one attached hydrogen (secondary N) is 10. The van der Waals surface area contributed by atoms with Gasteiger partial charge in [0.15, 0.2) is 12.6 Å². The van der Waals surface area contributed by atoms with Crippen molar-refractivity contribution >= 4 is 59.1 Å². The van der Waals surface area contributed by atoms with Gasteiger partial charge >= 0.3 is 0 Å². The zero-order valence-corrected chi connectivity index (χ0v) is 90.7. The topological polar surface area (TPSA) is 565 Å². The molecule has 0 aromatic rings. The van der Waals surface area contributed by atoms with E-state index in [4.69, 9.17) is 47.4 Å². The first-order valence-corrected chi connectivity index (χ1v) is 57.0. The van der Waals surface area contributed by atoms with Crippen LogP contribution in [0.4, 0.5) is 0 Å².